The quantitative estimate of drug-likeness (QED) is 0.926. The molecule has 0 aliphatic heterocycles. The first-order valence-electron chi connectivity index (χ1n) is 5.88. The average Bonchev–Trinajstić information content (AvgIpc) is 2.41. The van der Waals surface area contributed by atoms with E-state index in [-0.39, 0.29) is 5.02 Å². The molecule has 0 spiro atoms. The molecule has 4 heteroatoms. The van der Waals surface area contributed by atoms with E-state index in [4.69, 9.17) is 22.1 Å². The summed E-state index contributed by atoms with van der Waals surface area (Å²) in [5, 5.41) is 0.0825. The number of hydrogen-bond donors (Lipinski definition) is 1. The lowest BCUT2D eigenvalue weighted by molar-refractivity contribution is 0.414. The van der Waals surface area contributed by atoms with Crippen LogP contribution in [0.2, 0.25) is 5.02 Å². The molecule has 1 atom stereocenters. The Balaban J connectivity index is 2.44. The summed E-state index contributed by atoms with van der Waals surface area (Å²) >= 11 is 5.78. The van der Waals surface area contributed by atoms with Crippen molar-refractivity contribution in [3.63, 3.8) is 0 Å². The minimum atomic E-state index is -0.551. The molecule has 0 amide bonds. The number of aryl methyl sites for hydroxylation is 1. The van der Waals surface area contributed by atoms with Crippen molar-refractivity contribution in [1.29, 1.82) is 0 Å². The van der Waals surface area contributed by atoms with Crippen molar-refractivity contribution < 1.29 is 9.13 Å². The molecule has 2 rings (SSSR count). The number of benzene rings is 2. The second-order valence-electron chi connectivity index (χ2n) is 4.34. The molecular weight excluding hydrogens is 265 g/mol. The molecule has 19 heavy (non-hydrogen) atoms. The molecule has 2 aromatic carbocycles. The second kappa shape index (κ2) is 5.59. The molecular formula is C15H15ClFNO. The summed E-state index contributed by atoms with van der Waals surface area (Å²) in [6.07, 6.45) is 0. The largest absolute Gasteiger partial charge is 0.497 e. The minimum absolute atomic E-state index is 0.0825. The lowest BCUT2D eigenvalue weighted by Gasteiger charge is -2.17. The Kier molecular flexibility index (Phi) is 4.08. The fraction of sp³-hybridized carbons (Fsp3) is 0.200. The first-order chi connectivity index (χ1) is 9.04. The Morgan fingerprint density at radius 3 is 2.58 bits per heavy atom. The van der Waals surface area contributed by atoms with E-state index in [0.717, 1.165) is 16.9 Å². The third kappa shape index (κ3) is 2.72. The highest BCUT2D eigenvalue weighted by Crippen LogP contribution is 2.29. The predicted octanol–water partition coefficient (Wildman–Crippen LogP) is 3.84. The summed E-state index contributed by atoms with van der Waals surface area (Å²) in [4.78, 5) is 0. The molecule has 2 aromatic rings. The van der Waals surface area contributed by atoms with E-state index in [0.29, 0.717) is 5.56 Å². The highest BCUT2D eigenvalue weighted by molar-refractivity contribution is 6.30. The van der Waals surface area contributed by atoms with Crippen LogP contribution >= 0.6 is 11.6 Å². The maximum absolute atomic E-state index is 14.0. The first-order valence-corrected chi connectivity index (χ1v) is 6.26. The van der Waals surface area contributed by atoms with Gasteiger partial charge < -0.3 is 10.5 Å². The van der Waals surface area contributed by atoms with Gasteiger partial charge in [-0.3, -0.25) is 0 Å². The SMILES string of the molecule is COc1ccc(C(N)c2cccc(Cl)c2F)c(C)c1. The third-order valence-electron chi connectivity index (χ3n) is 3.13. The van der Waals surface area contributed by atoms with Crippen LogP contribution in [0.3, 0.4) is 0 Å². The van der Waals surface area contributed by atoms with E-state index in [1.807, 2.05) is 25.1 Å². The maximum atomic E-state index is 14.0. The summed E-state index contributed by atoms with van der Waals surface area (Å²) in [6, 6.07) is 9.83. The second-order valence-corrected chi connectivity index (χ2v) is 4.75. The van der Waals surface area contributed by atoms with E-state index in [9.17, 15) is 4.39 Å². The van der Waals surface area contributed by atoms with Crippen molar-refractivity contribution in [2.24, 2.45) is 5.73 Å². The number of methoxy groups -OCH3 is 1. The lowest BCUT2D eigenvalue weighted by Crippen LogP contribution is -2.15. The zero-order chi connectivity index (χ0) is 14.0. The molecule has 0 radical (unpaired) electrons. The Hall–Kier alpha value is -1.58. The van der Waals surface area contributed by atoms with Crippen molar-refractivity contribution in [3.05, 3.63) is 63.9 Å². The monoisotopic (exact) mass is 279 g/mol. The van der Waals surface area contributed by atoms with Gasteiger partial charge in [-0.15, -0.1) is 0 Å². The molecule has 0 aromatic heterocycles. The molecule has 0 aliphatic carbocycles. The van der Waals surface area contributed by atoms with E-state index in [1.165, 1.54) is 6.07 Å². The molecule has 2 N–H and O–H groups in total. The molecule has 0 saturated heterocycles. The fourth-order valence-electron chi connectivity index (χ4n) is 2.05. The Morgan fingerprint density at radius 2 is 1.95 bits per heavy atom. The zero-order valence-corrected chi connectivity index (χ0v) is 11.5. The number of hydrogen-bond acceptors (Lipinski definition) is 2. The van der Waals surface area contributed by atoms with E-state index >= 15 is 0 Å². The van der Waals surface area contributed by atoms with Gasteiger partial charge in [-0.25, -0.2) is 4.39 Å². The van der Waals surface area contributed by atoms with E-state index < -0.39 is 11.9 Å². The topological polar surface area (TPSA) is 35.2 Å². The van der Waals surface area contributed by atoms with E-state index in [2.05, 4.69) is 0 Å². The number of ether oxygens (including phenoxy) is 1. The summed E-state index contributed by atoms with van der Waals surface area (Å²) in [5.74, 6) is 0.284. The van der Waals surface area contributed by atoms with Gasteiger partial charge in [0, 0.05) is 5.56 Å². The fourth-order valence-corrected chi connectivity index (χ4v) is 2.23. The normalized spacial score (nSPS) is 12.3. The summed E-state index contributed by atoms with van der Waals surface area (Å²) in [7, 11) is 1.60. The first kappa shape index (κ1) is 13.8. The van der Waals surface area contributed by atoms with Crippen molar-refractivity contribution in [1.82, 2.24) is 0 Å². The zero-order valence-electron chi connectivity index (χ0n) is 10.8. The van der Waals surface area contributed by atoms with Crippen LogP contribution in [-0.2, 0) is 0 Å². The van der Waals surface area contributed by atoms with Gasteiger partial charge in [-0.05, 0) is 36.2 Å². The van der Waals surface area contributed by atoms with Crippen LogP contribution in [0.4, 0.5) is 4.39 Å². The van der Waals surface area contributed by atoms with Gasteiger partial charge >= 0.3 is 0 Å². The van der Waals surface area contributed by atoms with Crippen LogP contribution in [0.5, 0.6) is 5.75 Å². The Bertz CT molecular complexity index is 601. The van der Waals surface area contributed by atoms with Gasteiger partial charge in [0.15, 0.2) is 0 Å². The van der Waals surface area contributed by atoms with Crippen molar-refractivity contribution in [2.75, 3.05) is 7.11 Å². The third-order valence-corrected chi connectivity index (χ3v) is 3.42. The van der Waals surface area contributed by atoms with Gasteiger partial charge in [0.2, 0.25) is 0 Å². The Morgan fingerprint density at radius 1 is 1.21 bits per heavy atom. The van der Waals surface area contributed by atoms with Gasteiger partial charge in [-0.2, -0.15) is 0 Å². The standard InChI is InChI=1S/C15H15ClFNO/c1-9-8-10(19-2)6-7-11(9)15(18)12-4-3-5-13(16)14(12)17/h3-8,15H,18H2,1-2H3. The van der Waals surface area contributed by atoms with Crippen molar-refractivity contribution in [3.8, 4) is 5.75 Å². The van der Waals surface area contributed by atoms with Crippen LogP contribution in [0, 0.1) is 12.7 Å². The molecule has 0 saturated carbocycles. The number of halogens is 2. The lowest BCUT2D eigenvalue weighted by atomic mass is 9.95. The molecule has 0 bridgehead atoms. The van der Waals surface area contributed by atoms with Gasteiger partial charge in [0.25, 0.3) is 0 Å². The molecule has 2 nitrogen and oxygen atoms in total. The van der Waals surface area contributed by atoms with E-state index in [1.54, 1.807) is 19.2 Å². The average molecular weight is 280 g/mol. The molecule has 1 unspecified atom stereocenters. The number of rotatable bonds is 3. The van der Waals surface area contributed by atoms with Crippen LogP contribution in [0.15, 0.2) is 36.4 Å². The smallest absolute Gasteiger partial charge is 0.146 e. The summed E-state index contributed by atoms with van der Waals surface area (Å²) < 4.78 is 19.1. The summed E-state index contributed by atoms with van der Waals surface area (Å²) in [6.45, 7) is 1.92. The number of nitrogens with two attached hydrogens (primary N) is 1. The minimum Gasteiger partial charge on any atom is -0.497 e. The highest BCUT2D eigenvalue weighted by atomic mass is 35.5. The maximum Gasteiger partial charge on any atom is 0.146 e. The molecule has 0 fully saturated rings. The highest BCUT2D eigenvalue weighted by Gasteiger charge is 2.17. The van der Waals surface area contributed by atoms with Crippen LogP contribution in [0.1, 0.15) is 22.7 Å². The molecule has 0 aliphatic rings. The van der Waals surface area contributed by atoms with Gasteiger partial charge in [0.1, 0.15) is 11.6 Å². The predicted molar refractivity (Wildman–Crippen MR) is 75.2 cm³/mol. The van der Waals surface area contributed by atoms with Crippen LogP contribution in [0.25, 0.3) is 0 Å². The Labute approximate surface area is 117 Å². The van der Waals surface area contributed by atoms with Crippen molar-refractivity contribution in [2.45, 2.75) is 13.0 Å². The van der Waals surface area contributed by atoms with Gasteiger partial charge in [0.05, 0.1) is 18.2 Å². The van der Waals surface area contributed by atoms with Crippen molar-refractivity contribution >= 4 is 11.6 Å². The molecule has 0 heterocycles. The summed E-state index contributed by atoms with van der Waals surface area (Å²) in [5.41, 5.74) is 8.33. The van der Waals surface area contributed by atoms with Gasteiger partial charge in [-0.1, -0.05) is 29.8 Å². The molecule has 100 valence electrons. The van der Waals surface area contributed by atoms with Crippen LogP contribution < -0.4 is 10.5 Å². The van der Waals surface area contributed by atoms with Crippen LogP contribution in [-0.4, -0.2) is 7.11 Å².